The Bertz CT molecular complexity index is 744. The Morgan fingerprint density at radius 1 is 1.09 bits per heavy atom. The van der Waals surface area contributed by atoms with Crippen LogP contribution >= 0.6 is 0 Å². The fourth-order valence-corrected chi connectivity index (χ4v) is 4.64. The summed E-state index contributed by atoms with van der Waals surface area (Å²) in [6.45, 7) is 0.555. The highest BCUT2D eigenvalue weighted by molar-refractivity contribution is 7.89. The summed E-state index contributed by atoms with van der Waals surface area (Å²) in [5, 5.41) is 0. The quantitative estimate of drug-likeness (QED) is 0.870. The van der Waals surface area contributed by atoms with E-state index >= 15 is 0 Å². The Balaban J connectivity index is 1.96. The van der Waals surface area contributed by atoms with Gasteiger partial charge in [-0.1, -0.05) is 30.3 Å². The van der Waals surface area contributed by atoms with E-state index < -0.39 is 10.0 Å². The molecule has 0 saturated carbocycles. The molecule has 1 aliphatic heterocycles. The van der Waals surface area contributed by atoms with Crippen LogP contribution in [0.15, 0.2) is 59.5 Å². The monoisotopic (exact) mass is 317 g/mol. The van der Waals surface area contributed by atoms with Crippen molar-refractivity contribution in [2.75, 3.05) is 13.7 Å². The zero-order valence-corrected chi connectivity index (χ0v) is 13.3. The molecule has 22 heavy (non-hydrogen) atoms. The highest BCUT2D eigenvalue weighted by atomic mass is 32.2. The van der Waals surface area contributed by atoms with E-state index in [1.165, 1.54) is 0 Å². The maximum Gasteiger partial charge on any atom is 0.243 e. The van der Waals surface area contributed by atoms with Gasteiger partial charge in [0, 0.05) is 6.54 Å². The van der Waals surface area contributed by atoms with Crippen molar-refractivity contribution < 1.29 is 13.2 Å². The minimum atomic E-state index is -3.46. The molecule has 1 heterocycles. The van der Waals surface area contributed by atoms with Gasteiger partial charge in [0.05, 0.1) is 18.0 Å². The number of benzene rings is 2. The fourth-order valence-electron chi connectivity index (χ4n) is 2.94. The van der Waals surface area contributed by atoms with Crippen molar-refractivity contribution in [2.24, 2.45) is 0 Å². The maximum absolute atomic E-state index is 12.9. The molecule has 0 amide bonds. The molecule has 0 N–H and O–H groups in total. The van der Waals surface area contributed by atoms with Crippen molar-refractivity contribution in [2.45, 2.75) is 23.8 Å². The summed E-state index contributed by atoms with van der Waals surface area (Å²) in [7, 11) is -1.85. The van der Waals surface area contributed by atoms with Crippen molar-refractivity contribution in [3.63, 3.8) is 0 Å². The van der Waals surface area contributed by atoms with Crippen LogP contribution in [-0.2, 0) is 10.0 Å². The minimum Gasteiger partial charge on any atom is -0.497 e. The second kappa shape index (κ2) is 6.10. The van der Waals surface area contributed by atoms with Crippen molar-refractivity contribution in [1.82, 2.24) is 4.31 Å². The predicted octanol–water partition coefficient (Wildman–Crippen LogP) is 3.22. The molecule has 1 fully saturated rings. The number of ether oxygens (including phenoxy) is 1. The molecular formula is C17H19NO3S. The average molecular weight is 317 g/mol. The first-order chi connectivity index (χ1) is 10.6. The Morgan fingerprint density at radius 2 is 1.86 bits per heavy atom. The third kappa shape index (κ3) is 2.74. The summed E-state index contributed by atoms with van der Waals surface area (Å²) in [5.41, 5.74) is 0.983. The summed E-state index contributed by atoms with van der Waals surface area (Å²) in [5.74, 6) is 0.751. The number of hydrogen-bond acceptors (Lipinski definition) is 3. The lowest BCUT2D eigenvalue weighted by Crippen LogP contribution is -2.30. The van der Waals surface area contributed by atoms with Gasteiger partial charge in [-0.05, 0) is 42.7 Å². The van der Waals surface area contributed by atoms with Crippen LogP contribution in [0.3, 0.4) is 0 Å². The molecule has 2 aromatic carbocycles. The van der Waals surface area contributed by atoms with E-state index in [1.54, 1.807) is 35.7 Å². The average Bonchev–Trinajstić information content (AvgIpc) is 3.06. The molecule has 2 aromatic rings. The van der Waals surface area contributed by atoms with Gasteiger partial charge in [-0.3, -0.25) is 0 Å². The number of rotatable bonds is 4. The van der Waals surface area contributed by atoms with Crippen LogP contribution in [0.25, 0.3) is 0 Å². The molecule has 116 valence electrons. The van der Waals surface area contributed by atoms with E-state index in [1.807, 2.05) is 30.3 Å². The molecule has 0 aliphatic carbocycles. The van der Waals surface area contributed by atoms with Crippen LogP contribution in [0, 0.1) is 0 Å². The van der Waals surface area contributed by atoms with Gasteiger partial charge in [-0.25, -0.2) is 8.42 Å². The topological polar surface area (TPSA) is 46.6 Å². The number of sulfonamides is 1. The van der Waals surface area contributed by atoms with Gasteiger partial charge >= 0.3 is 0 Å². The Labute approximate surface area is 131 Å². The molecule has 0 aromatic heterocycles. The van der Waals surface area contributed by atoms with Crippen molar-refractivity contribution >= 4 is 10.0 Å². The van der Waals surface area contributed by atoms with Crippen molar-refractivity contribution in [3.8, 4) is 5.75 Å². The number of methoxy groups -OCH3 is 1. The molecule has 5 heteroatoms. The van der Waals surface area contributed by atoms with Gasteiger partial charge in [-0.2, -0.15) is 4.31 Å². The van der Waals surface area contributed by atoms with Gasteiger partial charge in [-0.15, -0.1) is 0 Å². The Morgan fingerprint density at radius 3 is 2.59 bits per heavy atom. The lowest BCUT2D eigenvalue weighted by Gasteiger charge is -2.24. The lowest BCUT2D eigenvalue weighted by molar-refractivity contribution is 0.390. The van der Waals surface area contributed by atoms with Crippen molar-refractivity contribution in [1.29, 1.82) is 0 Å². The van der Waals surface area contributed by atoms with Crippen molar-refractivity contribution in [3.05, 3.63) is 60.2 Å². The van der Waals surface area contributed by atoms with E-state index in [9.17, 15) is 8.42 Å². The van der Waals surface area contributed by atoms with E-state index in [4.69, 9.17) is 4.74 Å². The highest BCUT2D eigenvalue weighted by Gasteiger charge is 2.36. The largest absolute Gasteiger partial charge is 0.497 e. The van der Waals surface area contributed by atoms with E-state index in [0.717, 1.165) is 24.2 Å². The fraction of sp³-hybridized carbons (Fsp3) is 0.294. The first-order valence-corrected chi connectivity index (χ1v) is 8.78. The minimum absolute atomic E-state index is 0.125. The molecule has 3 rings (SSSR count). The van der Waals surface area contributed by atoms with Crippen LogP contribution in [0.1, 0.15) is 24.4 Å². The third-order valence-corrected chi connectivity index (χ3v) is 5.95. The Kier molecular flexibility index (Phi) is 4.18. The molecule has 1 unspecified atom stereocenters. The summed E-state index contributed by atoms with van der Waals surface area (Å²) in [6.07, 6.45) is 1.70. The summed E-state index contributed by atoms with van der Waals surface area (Å²) >= 11 is 0. The second-order valence-electron chi connectivity index (χ2n) is 5.36. The molecule has 1 atom stereocenters. The first-order valence-electron chi connectivity index (χ1n) is 7.34. The maximum atomic E-state index is 12.9. The SMILES string of the molecule is COc1cccc(C2CCCN2S(=O)(=O)c2ccccc2)c1. The number of nitrogens with zero attached hydrogens (tertiary/aromatic N) is 1. The summed E-state index contributed by atoms with van der Waals surface area (Å²) in [4.78, 5) is 0.352. The smallest absolute Gasteiger partial charge is 0.243 e. The van der Waals surface area contributed by atoms with E-state index in [-0.39, 0.29) is 6.04 Å². The van der Waals surface area contributed by atoms with Gasteiger partial charge in [0.25, 0.3) is 0 Å². The molecule has 1 aliphatic rings. The third-order valence-electron chi connectivity index (χ3n) is 4.03. The second-order valence-corrected chi connectivity index (χ2v) is 7.25. The van der Waals surface area contributed by atoms with Crippen LogP contribution in [0.5, 0.6) is 5.75 Å². The molecule has 4 nitrogen and oxygen atoms in total. The van der Waals surface area contributed by atoms with Crippen LogP contribution in [0.2, 0.25) is 0 Å². The van der Waals surface area contributed by atoms with Gasteiger partial charge in [0.2, 0.25) is 10.0 Å². The molecule has 1 saturated heterocycles. The molecular weight excluding hydrogens is 298 g/mol. The number of hydrogen-bond donors (Lipinski definition) is 0. The molecule has 0 spiro atoms. The van der Waals surface area contributed by atoms with Crippen LogP contribution in [0.4, 0.5) is 0 Å². The van der Waals surface area contributed by atoms with Crippen LogP contribution < -0.4 is 4.74 Å². The first kappa shape index (κ1) is 15.1. The zero-order valence-electron chi connectivity index (χ0n) is 12.5. The van der Waals surface area contributed by atoms with Gasteiger partial charge in [0.15, 0.2) is 0 Å². The van der Waals surface area contributed by atoms with E-state index in [0.29, 0.717) is 11.4 Å². The van der Waals surface area contributed by atoms with Gasteiger partial charge in [0.1, 0.15) is 5.75 Å². The van der Waals surface area contributed by atoms with Crippen LogP contribution in [-0.4, -0.2) is 26.4 Å². The lowest BCUT2D eigenvalue weighted by atomic mass is 10.1. The van der Waals surface area contributed by atoms with E-state index in [2.05, 4.69) is 0 Å². The molecule has 0 radical (unpaired) electrons. The molecule has 0 bridgehead atoms. The zero-order chi connectivity index (χ0) is 15.6. The normalized spacial score (nSPS) is 19.2. The standard InChI is InChI=1S/C17H19NO3S/c1-21-15-8-5-7-14(13-15)17-11-6-12-18(17)22(19,20)16-9-3-2-4-10-16/h2-5,7-10,13,17H,6,11-12H2,1H3. The Hall–Kier alpha value is -1.85. The summed E-state index contributed by atoms with van der Waals surface area (Å²) < 4.78 is 32.6. The highest BCUT2D eigenvalue weighted by Crippen LogP contribution is 2.37. The summed E-state index contributed by atoms with van der Waals surface area (Å²) in [6, 6.07) is 16.2. The predicted molar refractivity (Wildman–Crippen MR) is 85.3 cm³/mol. The van der Waals surface area contributed by atoms with Gasteiger partial charge < -0.3 is 4.74 Å².